The minimum Gasteiger partial charge on any atom is -0.480 e. The second-order valence-corrected chi connectivity index (χ2v) is 15.9. The third-order valence-corrected chi connectivity index (χ3v) is 11.2. The van der Waals surface area contributed by atoms with E-state index in [-0.39, 0.29) is 22.9 Å². The monoisotopic (exact) mass is 780 g/mol. The first kappa shape index (κ1) is 41.2. The van der Waals surface area contributed by atoms with Gasteiger partial charge in [-0.15, -0.1) is 0 Å². The molecule has 0 bridgehead atoms. The van der Waals surface area contributed by atoms with E-state index in [9.17, 15) is 48.8 Å². The predicted molar refractivity (Wildman–Crippen MR) is 174 cm³/mol. The van der Waals surface area contributed by atoms with E-state index in [1.165, 1.54) is 13.8 Å². The zero-order chi connectivity index (χ0) is 38.3. The number of sulfonamides is 1. The fraction of sp³-hybridized carbons (Fsp3) is 0.344. The first-order valence-corrected chi connectivity index (χ1v) is 18.7. The van der Waals surface area contributed by atoms with E-state index in [2.05, 4.69) is 0 Å². The normalized spacial score (nSPS) is 23.3. The second-order valence-electron chi connectivity index (χ2n) is 11.4. The molecule has 19 heteroatoms. The van der Waals surface area contributed by atoms with Gasteiger partial charge in [-0.2, -0.15) is 4.31 Å². The van der Waals surface area contributed by atoms with Gasteiger partial charge in [0, 0.05) is 29.1 Å². The van der Waals surface area contributed by atoms with Crippen LogP contribution in [0.15, 0.2) is 88.7 Å². The number of nitrogens with zero attached hydrogens (tertiary/aromatic N) is 2. The van der Waals surface area contributed by atoms with Gasteiger partial charge in [-0.25, -0.2) is 44.0 Å². The van der Waals surface area contributed by atoms with Crippen LogP contribution in [0.25, 0.3) is 0 Å². The highest BCUT2D eigenvalue weighted by molar-refractivity contribution is 8.13. The van der Waals surface area contributed by atoms with Crippen LogP contribution in [0.5, 0.6) is 0 Å². The minimum atomic E-state index is -4.17. The Labute approximate surface area is 295 Å². The van der Waals surface area contributed by atoms with E-state index < -0.39 is 91.5 Å². The third-order valence-electron chi connectivity index (χ3n) is 7.97. The first-order chi connectivity index (χ1) is 23.7. The summed E-state index contributed by atoms with van der Waals surface area (Å²) in [5.41, 5.74) is 0.789. The molecule has 2 aliphatic heterocycles. The molecule has 2 fully saturated rings. The number of hydrogen-bond donors (Lipinski definition) is 2. The summed E-state index contributed by atoms with van der Waals surface area (Å²) in [6, 6.07) is 14.6. The maximum atomic E-state index is 13.7. The van der Waals surface area contributed by atoms with E-state index >= 15 is 0 Å². The average Bonchev–Trinajstić information content (AvgIpc) is 3.55. The van der Waals surface area contributed by atoms with Crippen LogP contribution in [0.2, 0.25) is 0 Å². The zero-order valence-electron chi connectivity index (χ0n) is 26.9. The van der Waals surface area contributed by atoms with Crippen molar-refractivity contribution in [3.05, 3.63) is 96.1 Å². The number of alkyl halides is 2. The number of rotatable bonds is 7. The molecule has 12 nitrogen and oxygen atoms in total. The molecule has 4 unspecified atom stereocenters. The van der Waals surface area contributed by atoms with E-state index in [0.717, 1.165) is 59.0 Å². The third kappa shape index (κ3) is 10.6. The Kier molecular flexibility index (Phi) is 14.0. The van der Waals surface area contributed by atoms with Crippen molar-refractivity contribution in [2.45, 2.75) is 54.7 Å². The standard InChI is InChI=1S/C14H16FNO4.C12H13F2NO4S.C6H4ClFO2S/c1-9-11(15)7-16(12(9)13(17)18)14(19)20-8-10-5-3-2-4-6-10;1-7-10(14)6-15(11(7)12(16)17)20(18,19)9-4-2-8(13)3-5-9;7-11(9,10)6-3-1-5(8)2-4-6/h2-6,9,11-12H,7-8H2,1H3,(H,17,18);2-5,7,10-11H,6H2,1H3,(H,16,17);1-4H/t9?,11?,12-;7?,10?,11-;/m00./s1. The smallest absolute Gasteiger partial charge is 0.410 e. The van der Waals surface area contributed by atoms with Crippen LogP contribution in [0.1, 0.15) is 19.4 Å². The van der Waals surface area contributed by atoms with Gasteiger partial charge in [0.05, 0.1) is 16.3 Å². The minimum absolute atomic E-state index is 0.0356. The lowest BCUT2D eigenvalue weighted by atomic mass is 10.0. The molecule has 2 aliphatic rings. The molecule has 1 amide bonds. The van der Waals surface area contributed by atoms with E-state index in [0.29, 0.717) is 4.31 Å². The summed E-state index contributed by atoms with van der Waals surface area (Å²) >= 11 is 0. The predicted octanol–water partition coefficient (Wildman–Crippen LogP) is 5.08. The Morgan fingerprint density at radius 2 is 1.20 bits per heavy atom. The SMILES string of the molecule is CC1C(F)CN(C(=O)OCc2ccccc2)[C@@H]1C(=O)O.CC1C(F)CN(S(=O)(=O)c2ccc(F)cc2)[C@@H]1C(=O)O.O=S(=O)(Cl)c1ccc(F)cc1. The molecule has 0 aromatic heterocycles. The number of ether oxygens (including phenoxy) is 1. The second kappa shape index (κ2) is 17.3. The van der Waals surface area contributed by atoms with Crippen LogP contribution in [-0.4, -0.2) is 91.8 Å². The molecule has 0 aliphatic carbocycles. The highest BCUT2D eigenvalue weighted by Gasteiger charge is 2.49. The molecule has 278 valence electrons. The van der Waals surface area contributed by atoms with Gasteiger partial charge in [0.2, 0.25) is 10.0 Å². The number of benzene rings is 3. The molecular weight excluding hydrogens is 748 g/mol. The number of hydrogen-bond acceptors (Lipinski definition) is 8. The van der Waals surface area contributed by atoms with Crippen LogP contribution >= 0.6 is 10.7 Å². The lowest BCUT2D eigenvalue weighted by Crippen LogP contribution is -2.43. The zero-order valence-corrected chi connectivity index (χ0v) is 29.2. The summed E-state index contributed by atoms with van der Waals surface area (Å²) in [6.07, 6.45) is -3.69. The lowest BCUT2D eigenvalue weighted by molar-refractivity contribution is -0.143. The van der Waals surface area contributed by atoms with Gasteiger partial charge < -0.3 is 14.9 Å². The van der Waals surface area contributed by atoms with E-state index in [4.69, 9.17) is 25.6 Å². The molecule has 6 atom stereocenters. The van der Waals surface area contributed by atoms with Crippen molar-refractivity contribution in [1.82, 2.24) is 9.21 Å². The van der Waals surface area contributed by atoms with Crippen LogP contribution in [-0.2, 0) is 40.0 Å². The summed E-state index contributed by atoms with van der Waals surface area (Å²) in [5, 5.41) is 18.2. The van der Waals surface area contributed by atoms with Crippen molar-refractivity contribution in [2.24, 2.45) is 11.8 Å². The number of halogens is 5. The molecule has 2 N–H and O–H groups in total. The van der Waals surface area contributed by atoms with Gasteiger partial charge in [0.15, 0.2) is 0 Å². The molecule has 3 aromatic carbocycles. The summed E-state index contributed by atoms with van der Waals surface area (Å²) < 4.78 is 104. The number of carboxylic acids is 2. The van der Waals surface area contributed by atoms with Gasteiger partial charge in [0.25, 0.3) is 9.05 Å². The first-order valence-electron chi connectivity index (χ1n) is 14.9. The molecule has 0 spiro atoms. The molecule has 0 radical (unpaired) electrons. The summed E-state index contributed by atoms with van der Waals surface area (Å²) in [4.78, 5) is 34.8. The maximum Gasteiger partial charge on any atom is 0.410 e. The Hall–Kier alpha value is -4.26. The Balaban J connectivity index is 0.000000216. The maximum absolute atomic E-state index is 13.7. The molecule has 2 saturated heterocycles. The van der Waals surface area contributed by atoms with Crippen molar-refractivity contribution in [3.8, 4) is 0 Å². The fourth-order valence-corrected chi connectivity index (χ4v) is 7.58. The van der Waals surface area contributed by atoms with Crippen molar-refractivity contribution >= 4 is 47.8 Å². The molecule has 3 aromatic rings. The highest BCUT2D eigenvalue weighted by Crippen LogP contribution is 2.32. The van der Waals surface area contributed by atoms with E-state index in [1.807, 2.05) is 6.07 Å². The largest absolute Gasteiger partial charge is 0.480 e. The van der Waals surface area contributed by atoms with Crippen molar-refractivity contribution in [1.29, 1.82) is 0 Å². The summed E-state index contributed by atoms with van der Waals surface area (Å²) in [7, 11) is -2.92. The van der Waals surface area contributed by atoms with E-state index in [1.54, 1.807) is 24.3 Å². The number of aliphatic carboxylic acids is 2. The lowest BCUT2D eigenvalue weighted by Gasteiger charge is -2.22. The van der Waals surface area contributed by atoms with Crippen molar-refractivity contribution in [3.63, 3.8) is 0 Å². The highest BCUT2D eigenvalue weighted by atomic mass is 35.7. The van der Waals surface area contributed by atoms with Crippen molar-refractivity contribution in [2.75, 3.05) is 13.1 Å². The van der Waals surface area contributed by atoms with Crippen LogP contribution < -0.4 is 0 Å². The van der Waals surface area contributed by atoms with Gasteiger partial charge in [-0.1, -0.05) is 44.2 Å². The fourth-order valence-electron chi connectivity index (χ4n) is 5.14. The Morgan fingerprint density at radius 1 is 0.745 bits per heavy atom. The average molecular weight is 781 g/mol. The van der Waals surface area contributed by atoms with Gasteiger partial charge in [0.1, 0.15) is 42.7 Å². The molecule has 2 heterocycles. The molecule has 5 rings (SSSR count). The van der Waals surface area contributed by atoms with Crippen molar-refractivity contribution < 1.29 is 63.7 Å². The van der Waals surface area contributed by atoms with Gasteiger partial charge in [-0.3, -0.25) is 9.69 Å². The topological polar surface area (TPSA) is 176 Å². The Bertz CT molecular complexity index is 1890. The number of amides is 1. The van der Waals surface area contributed by atoms with Gasteiger partial charge in [-0.05, 0) is 54.1 Å². The number of likely N-dealkylation sites (tertiary alicyclic amines) is 1. The molecule has 0 saturated carbocycles. The van der Waals surface area contributed by atoms with Crippen LogP contribution in [0, 0.1) is 23.5 Å². The Morgan fingerprint density at radius 3 is 1.67 bits per heavy atom. The summed E-state index contributed by atoms with van der Waals surface area (Å²) in [6.45, 7) is 2.11. The number of carbonyl (C=O) groups is 3. The number of carboxylic acid groups (broad SMARTS) is 2. The summed E-state index contributed by atoms with van der Waals surface area (Å²) in [5.74, 6) is -5.40. The quantitative estimate of drug-likeness (QED) is 0.243. The number of carbonyl (C=O) groups excluding carboxylic acids is 1. The molecular formula is C32H33ClF4N2O10S2. The van der Waals surface area contributed by atoms with Gasteiger partial charge >= 0.3 is 18.0 Å². The van der Waals surface area contributed by atoms with Crippen LogP contribution in [0.3, 0.4) is 0 Å². The molecule has 51 heavy (non-hydrogen) atoms. The van der Waals surface area contributed by atoms with Crippen LogP contribution in [0.4, 0.5) is 22.4 Å².